The minimum atomic E-state index is -0.798. The molecule has 6 N–H and O–H groups in total. The summed E-state index contributed by atoms with van der Waals surface area (Å²) in [6.45, 7) is 0.527. The zero-order valence-corrected chi connectivity index (χ0v) is 16.8. The lowest BCUT2D eigenvalue weighted by atomic mass is 10.2. The molecule has 11 heteroatoms. The van der Waals surface area contributed by atoms with Crippen molar-refractivity contribution in [1.82, 2.24) is 9.55 Å². The van der Waals surface area contributed by atoms with E-state index in [9.17, 15) is 18.8 Å². The second-order valence-corrected chi connectivity index (χ2v) is 6.81. The van der Waals surface area contributed by atoms with Crippen molar-refractivity contribution in [2.45, 2.75) is 6.54 Å². The lowest BCUT2D eigenvalue weighted by molar-refractivity contribution is 0.0968. The van der Waals surface area contributed by atoms with Crippen molar-refractivity contribution in [2.24, 2.45) is 11.5 Å². The van der Waals surface area contributed by atoms with Crippen molar-refractivity contribution in [1.29, 1.82) is 0 Å². The van der Waals surface area contributed by atoms with Crippen molar-refractivity contribution >= 4 is 40.7 Å². The van der Waals surface area contributed by atoms with Crippen LogP contribution in [0.5, 0.6) is 0 Å². The average Bonchev–Trinajstić information content (AvgIpc) is 3.14. The molecule has 0 saturated heterocycles. The molecule has 9 nitrogen and oxygen atoms in total. The number of aromatic nitrogens is 2. The molecule has 3 rings (SSSR count). The number of nitrogens with two attached hydrogens (primary N) is 2. The summed E-state index contributed by atoms with van der Waals surface area (Å²) in [4.78, 5) is 40.5. The van der Waals surface area contributed by atoms with Crippen LogP contribution in [-0.2, 0) is 6.54 Å². The number of amides is 3. The number of imidazole rings is 1. The van der Waals surface area contributed by atoms with Gasteiger partial charge in [-0.25, -0.2) is 9.37 Å². The van der Waals surface area contributed by atoms with Gasteiger partial charge < -0.3 is 26.7 Å². The van der Waals surface area contributed by atoms with Crippen LogP contribution in [0.15, 0.2) is 48.8 Å². The van der Waals surface area contributed by atoms with Gasteiger partial charge in [0.2, 0.25) is 0 Å². The highest BCUT2D eigenvalue weighted by atomic mass is 35.5. The number of hydrogen-bond donors (Lipinski definition) is 4. The zero-order valence-electron chi connectivity index (χ0n) is 16.1. The number of hydrogen-bond acceptors (Lipinski definition) is 5. The van der Waals surface area contributed by atoms with Gasteiger partial charge in [0.1, 0.15) is 11.5 Å². The molecule has 0 aliphatic carbocycles. The Morgan fingerprint density at radius 1 is 1.03 bits per heavy atom. The number of primary amides is 1. The number of carbonyl (C=O) groups excluding carboxylic acids is 3. The van der Waals surface area contributed by atoms with E-state index in [0.717, 1.165) is 12.1 Å². The predicted molar refractivity (Wildman–Crippen MR) is 114 cm³/mol. The standard InChI is InChI=1S/C20H18ClFN6O3/c21-15-9-11(22)1-6-14(15)19(30)26-12-2-4-13(5-3-12)27-20(31)16-17(18(24)29)28(8-7-23)10-25-16/h1-6,9-10H,7-8,23H2,(H2,24,29)(H,26,30)(H,27,31). The molecule has 2 aromatic carbocycles. The molecule has 1 aromatic heterocycles. The van der Waals surface area contributed by atoms with Crippen LogP contribution in [0.1, 0.15) is 31.3 Å². The highest BCUT2D eigenvalue weighted by Crippen LogP contribution is 2.20. The number of nitrogens with zero attached hydrogens (tertiary/aromatic N) is 2. The van der Waals surface area contributed by atoms with Crippen LogP contribution in [-0.4, -0.2) is 33.8 Å². The molecule has 160 valence electrons. The fourth-order valence-corrected chi connectivity index (χ4v) is 3.07. The zero-order chi connectivity index (χ0) is 22.5. The summed E-state index contributed by atoms with van der Waals surface area (Å²) >= 11 is 5.89. The van der Waals surface area contributed by atoms with Crippen LogP contribution < -0.4 is 22.1 Å². The largest absolute Gasteiger partial charge is 0.364 e. The van der Waals surface area contributed by atoms with Gasteiger partial charge in [0.25, 0.3) is 17.7 Å². The first-order valence-corrected chi connectivity index (χ1v) is 9.40. The number of halogens is 2. The van der Waals surface area contributed by atoms with Crippen molar-refractivity contribution in [2.75, 3.05) is 17.2 Å². The lowest BCUT2D eigenvalue weighted by Gasteiger charge is -2.09. The Kier molecular flexibility index (Phi) is 6.63. The molecule has 1 heterocycles. The summed E-state index contributed by atoms with van der Waals surface area (Å²) in [7, 11) is 0. The molecule has 3 amide bonds. The number of nitrogens with one attached hydrogen (secondary N) is 2. The average molecular weight is 445 g/mol. The summed E-state index contributed by atoms with van der Waals surface area (Å²) in [5.74, 6) is -2.49. The Bertz CT molecular complexity index is 1150. The summed E-state index contributed by atoms with van der Waals surface area (Å²) < 4.78 is 14.5. The van der Waals surface area contributed by atoms with E-state index >= 15 is 0 Å². The highest BCUT2D eigenvalue weighted by Gasteiger charge is 2.22. The fourth-order valence-electron chi connectivity index (χ4n) is 2.81. The third-order valence-corrected chi connectivity index (χ3v) is 4.55. The van der Waals surface area contributed by atoms with Gasteiger partial charge in [0.05, 0.1) is 16.9 Å². The van der Waals surface area contributed by atoms with Crippen molar-refractivity contribution in [3.8, 4) is 0 Å². The highest BCUT2D eigenvalue weighted by molar-refractivity contribution is 6.34. The summed E-state index contributed by atoms with van der Waals surface area (Å²) in [5.41, 5.74) is 11.6. The van der Waals surface area contributed by atoms with Crippen molar-refractivity contribution < 1.29 is 18.8 Å². The van der Waals surface area contributed by atoms with E-state index in [1.165, 1.54) is 17.0 Å². The minimum absolute atomic E-state index is 0.0132. The molecular weight excluding hydrogens is 427 g/mol. The maximum Gasteiger partial charge on any atom is 0.276 e. The number of anilines is 2. The Hall–Kier alpha value is -3.76. The molecule has 0 spiro atoms. The third-order valence-electron chi connectivity index (χ3n) is 4.23. The first kappa shape index (κ1) is 21.9. The second kappa shape index (κ2) is 9.37. The van der Waals surface area contributed by atoms with E-state index in [0.29, 0.717) is 11.4 Å². The molecule has 3 aromatic rings. The second-order valence-electron chi connectivity index (χ2n) is 6.40. The van der Waals surface area contributed by atoms with Crippen LogP contribution >= 0.6 is 11.6 Å². The summed E-state index contributed by atoms with van der Waals surface area (Å²) in [6, 6.07) is 9.64. The molecule has 31 heavy (non-hydrogen) atoms. The Morgan fingerprint density at radius 2 is 1.65 bits per heavy atom. The minimum Gasteiger partial charge on any atom is -0.364 e. The molecule has 0 aliphatic rings. The van der Waals surface area contributed by atoms with E-state index in [-0.39, 0.29) is 35.1 Å². The van der Waals surface area contributed by atoms with Gasteiger partial charge >= 0.3 is 0 Å². The first-order chi connectivity index (χ1) is 14.8. The first-order valence-electron chi connectivity index (χ1n) is 9.03. The molecular formula is C20H18ClFN6O3. The van der Waals surface area contributed by atoms with Gasteiger partial charge in [-0.05, 0) is 42.5 Å². The van der Waals surface area contributed by atoms with Crippen LogP contribution in [0.4, 0.5) is 15.8 Å². The third kappa shape index (κ3) is 5.05. The molecule has 0 unspecified atom stereocenters. The maximum absolute atomic E-state index is 13.1. The van der Waals surface area contributed by atoms with Crippen LogP contribution in [0.25, 0.3) is 0 Å². The molecule has 0 saturated carbocycles. The number of carbonyl (C=O) groups is 3. The van der Waals surface area contributed by atoms with Crippen molar-refractivity contribution in [3.05, 3.63) is 76.6 Å². The Morgan fingerprint density at radius 3 is 2.19 bits per heavy atom. The van der Waals surface area contributed by atoms with E-state index in [4.69, 9.17) is 23.1 Å². The van der Waals surface area contributed by atoms with Gasteiger partial charge in [-0.15, -0.1) is 0 Å². The molecule has 0 fully saturated rings. The van der Waals surface area contributed by atoms with Gasteiger partial charge in [-0.2, -0.15) is 0 Å². The number of benzene rings is 2. The van der Waals surface area contributed by atoms with Crippen LogP contribution in [0.3, 0.4) is 0 Å². The Balaban J connectivity index is 1.70. The predicted octanol–water partition coefficient (Wildman–Crippen LogP) is 2.24. The smallest absolute Gasteiger partial charge is 0.276 e. The molecule has 0 atom stereocenters. The Labute approximate surface area is 181 Å². The van der Waals surface area contributed by atoms with Crippen molar-refractivity contribution in [3.63, 3.8) is 0 Å². The summed E-state index contributed by atoms with van der Waals surface area (Å²) in [5, 5.41) is 5.22. The van der Waals surface area contributed by atoms with Gasteiger partial charge in [0, 0.05) is 24.5 Å². The maximum atomic E-state index is 13.1. The SMILES string of the molecule is NCCn1cnc(C(=O)Nc2ccc(NC(=O)c3ccc(F)cc3Cl)cc2)c1C(N)=O. The fraction of sp³-hybridized carbons (Fsp3) is 0.100. The van der Waals surface area contributed by atoms with E-state index in [2.05, 4.69) is 15.6 Å². The van der Waals surface area contributed by atoms with Gasteiger partial charge in [0.15, 0.2) is 5.69 Å². The molecule has 0 aliphatic heterocycles. The van der Waals surface area contributed by atoms with E-state index in [1.54, 1.807) is 24.3 Å². The number of rotatable bonds is 7. The van der Waals surface area contributed by atoms with E-state index < -0.39 is 23.5 Å². The molecule has 0 radical (unpaired) electrons. The van der Waals surface area contributed by atoms with Gasteiger partial charge in [-0.1, -0.05) is 11.6 Å². The lowest BCUT2D eigenvalue weighted by Crippen LogP contribution is -2.24. The quantitative estimate of drug-likeness (QED) is 0.441. The topological polar surface area (TPSA) is 145 Å². The van der Waals surface area contributed by atoms with Gasteiger partial charge in [-0.3, -0.25) is 14.4 Å². The summed E-state index contributed by atoms with van der Waals surface area (Å²) in [6.07, 6.45) is 1.32. The van der Waals surface area contributed by atoms with Crippen LogP contribution in [0.2, 0.25) is 5.02 Å². The van der Waals surface area contributed by atoms with Crippen LogP contribution in [0, 0.1) is 5.82 Å². The van der Waals surface area contributed by atoms with E-state index in [1.807, 2.05) is 0 Å². The normalized spacial score (nSPS) is 10.5. The molecule has 0 bridgehead atoms. The monoisotopic (exact) mass is 444 g/mol.